The van der Waals surface area contributed by atoms with Gasteiger partial charge in [0, 0.05) is 24.9 Å². The molecule has 0 aliphatic heterocycles. The van der Waals surface area contributed by atoms with Crippen LogP contribution < -0.4 is 25.2 Å². The van der Waals surface area contributed by atoms with Crippen molar-refractivity contribution in [3.8, 4) is 17.2 Å². The molecule has 0 atom stereocenters. The number of carbonyl (C=O) groups excluding carboxylic acids is 1. The SMILES string of the molecule is COc1cc(NC(=O)c2c(C)n(C)oc2=O)cc(OC)c1OC. The molecule has 0 spiro atoms. The third kappa shape index (κ3) is 3.01. The van der Waals surface area contributed by atoms with Gasteiger partial charge in [-0.15, -0.1) is 0 Å². The summed E-state index contributed by atoms with van der Waals surface area (Å²) in [4.78, 5) is 24.0. The smallest absolute Gasteiger partial charge is 0.370 e. The number of aromatic nitrogens is 1. The number of anilines is 1. The van der Waals surface area contributed by atoms with Crippen LogP contribution in [-0.2, 0) is 7.05 Å². The molecular formula is C15H18N2O6. The van der Waals surface area contributed by atoms with Gasteiger partial charge in [-0.3, -0.25) is 4.79 Å². The zero-order valence-corrected chi connectivity index (χ0v) is 13.6. The number of hydrogen-bond acceptors (Lipinski definition) is 6. The van der Waals surface area contributed by atoms with Crippen molar-refractivity contribution in [2.24, 2.45) is 7.05 Å². The van der Waals surface area contributed by atoms with E-state index in [9.17, 15) is 9.59 Å². The first kappa shape index (κ1) is 16.5. The molecule has 8 nitrogen and oxygen atoms in total. The van der Waals surface area contributed by atoms with Crippen LogP contribution in [0.1, 0.15) is 16.1 Å². The molecule has 0 aliphatic rings. The summed E-state index contributed by atoms with van der Waals surface area (Å²) in [5, 5.41) is 2.63. The van der Waals surface area contributed by atoms with E-state index in [1.807, 2.05) is 0 Å². The van der Waals surface area contributed by atoms with Crippen LogP contribution in [-0.4, -0.2) is 32.0 Å². The minimum absolute atomic E-state index is 0.0544. The average molecular weight is 322 g/mol. The lowest BCUT2D eigenvalue weighted by Crippen LogP contribution is -2.19. The van der Waals surface area contributed by atoms with Crippen LogP contribution in [0.5, 0.6) is 17.2 Å². The van der Waals surface area contributed by atoms with Gasteiger partial charge in [-0.05, 0) is 6.92 Å². The average Bonchev–Trinajstić information content (AvgIpc) is 2.78. The van der Waals surface area contributed by atoms with E-state index in [1.165, 1.54) is 26.1 Å². The molecule has 0 saturated heterocycles. The second-order valence-corrected chi connectivity index (χ2v) is 4.70. The predicted molar refractivity (Wildman–Crippen MR) is 82.7 cm³/mol. The summed E-state index contributed by atoms with van der Waals surface area (Å²) in [6, 6.07) is 3.14. The Morgan fingerprint density at radius 1 is 1.13 bits per heavy atom. The maximum absolute atomic E-state index is 12.3. The molecular weight excluding hydrogens is 304 g/mol. The summed E-state index contributed by atoms with van der Waals surface area (Å²) >= 11 is 0. The molecule has 1 heterocycles. The van der Waals surface area contributed by atoms with Gasteiger partial charge >= 0.3 is 5.63 Å². The molecule has 23 heavy (non-hydrogen) atoms. The first-order chi connectivity index (χ1) is 10.9. The first-order valence-corrected chi connectivity index (χ1v) is 6.71. The van der Waals surface area contributed by atoms with Gasteiger partial charge in [0.15, 0.2) is 11.5 Å². The second kappa shape index (κ2) is 6.47. The Morgan fingerprint density at radius 3 is 2.09 bits per heavy atom. The standard InChI is InChI=1S/C15H18N2O6/c1-8-12(15(19)23-17(8)2)14(18)16-9-6-10(20-3)13(22-5)11(7-9)21-4/h6-7H,1-5H3,(H,16,18). The van der Waals surface area contributed by atoms with E-state index in [2.05, 4.69) is 5.32 Å². The van der Waals surface area contributed by atoms with Crippen LogP contribution in [0.2, 0.25) is 0 Å². The third-order valence-electron chi connectivity index (χ3n) is 3.41. The Labute approximate surface area is 132 Å². The van der Waals surface area contributed by atoms with E-state index in [0.717, 1.165) is 0 Å². The lowest BCUT2D eigenvalue weighted by Gasteiger charge is -2.14. The third-order valence-corrected chi connectivity index (χ3v) is 3.41. The Hall–Kier alpha value is -2.90. The van der Waals surface area contributed by atoms with Gasteiger partial charge < -0.3 is 24.1 Å². The van der Waals surface area contributed by atoms with Crippen LogP contribution in [0.4, 0.5) is 5.69 Å². The summed E-state index contributed by atoms with van der Waals surface area (Å²) in [5.74, 6) is 0.604. The minimum Gasteiger partial charge on any atom is -0.493 e. The van der Waals surface area contributed by atoms with Gasteiger partial charge in [-0.2, -0.15) is 0 Å². The lowest BCUT2D eigenvalue weighted by atomic mass is 10.2. The molecule has 0 bridgehead atoms. The van der Waals surface area contributed by atoms with Crippen LogP contribution in [0.15, 0.2) is 21.5 Å². The zero-order valence-electron chi connectivity index (χ0n) is 13.6. The molecule has 124 valence electrons. The van der Waals surface area contributed by atoms with Crippen molar-refractivity contribution in [1.82, 2.24) is 4.74 Å². The molecule has 2 aromatic rings. The van der Waals surface area contributed by atoms with E-state index in [1.54, 1.807) is 26.1 Å². The maximum Gasteiger partial charge on any atom is 0.370 e. The van der Waals surface area contributed by atoms with Gasteiger partial charge in [-0.1, -0.05) is 0 Å². The summed E-state index contributed by atoms with van der Waals surface area (Å²) in [7, 11) is 5.97. The molecule has 0 fully saturated rings. The highest BCUT2D eigenvalue weighted by Gasteiger charge is 2.21. The highest BCUT2D eigenvalue weighted by Crippen LogP contribution is 2.39. The normalized spacial score (nSPS) is 10.3. The van der Waals surface area contributed by atoms with Crippen molar-refractivity contribution in [3.63, 3.8) is 0 Å². The second-order valence-electron chi connectivity index (χ2n) is 4.70. The van der Waals surface area contributed by atoms with E-state index in [0.29, 0.717) is 28.6 Å². The molecule has 0 aliphatic carbocycles. The lowest BCUT2D eigenvalue weighted by molar-refractivity contribution is 0.102. The van der Waals surface area contributed by atoms with Crippen molar-refractivity contribution in [2.45, 2.75) is 6.92 Å². The fourth-order valence-corrected chi connectivity index (χ4v) is 2.15. The fraction of sp³-hybridized carbons (Fsp3) is 0.333. The van der Waals surface area contributed by atoms with Crippen LogP contribution in [0, 0.1) is 6.92 Å². The van der Waals surface area contributed by atoms with E-state index >= 15 is 0 Å². The van der Waals surface area contributed by atoms with E-state index in [4.69, 9.17) is 18.7 Å². The quantitative estimate of drug-likeness (QED) is 0.898. The maximum atomic E-state index is 12.3. The Morgan fingerprint density at radius 2 is 1.70 bits per heavy atom. The Kier molecular flexibility index (Phi) is 4.63. The van der Waals surface area contributed by atoms with Crippen LogP contribution in [0.25, 0.3) is 0 Å². The summed E-state index contributed by atoms with van der Waals surface area (Å²) < 4.78 is 21.8. The highest BCUT2D eigenvalue weighted by atomic mass is 16.5. The Balaban J connectivity index is 2.40. The van der Waals surface area contributed by atoms with Gasteiger partial charge in [0.05, 0.1) is 27.0 Å². The summed E-state index contributed by atoms with van der Waals surface area (Å²) in [6.07, 6.45) is 0. The van der Waals surface area contributed by atoms with E-state index < -0.39 is 11.5 Å². The zero-order chi connectivity index (χ0) is 17.1. The largest absolute Gasteiger partial charge is 0.493 e. The molecule has 1 aromatic carbocycles. The van der Waals surface area contributed by atoms with Gasteiger partial charge in [0.1, 0.15) is 5.56 Å². The van der Waals surface area contributed by atoms with Crippen molar-refractivity contribution in [2.75, 3.05) is 26.6 Å². The van der Waals surface area contributed by atoms with Crippen LogP contribution in [0.3, 0.4) is 0 Å². The first-order valence-electron chi connectivity index (χ1n) is 6.71. The van der Waals surface area contributed by atoms with Crippen molar-refractivity contribution in [3.05, 3.63) is 33.8 Å². The monoisotopic (exact) mass is 322 g/mol. The van der Waals surface area contributed by atoms with E-state index in [-0.39, 0.29) is 5.56 Å². The molecule has 0 saturated carbocycles. The molecule has 1 aromatic heterocycles. The molecule has 0 radical (unpaired) electrons. The number of carbonyl (C=O) groups is 1. The minimum atomic E-state index is -0.699. The summed E-state index contributed by atoms with van der Waals surface area (Å²) in [5.41, 5.74) is 0.0725. The number of methoxy groups -OCH3 is 3. The molecule has 0 unspecified atom stereocenters. The van der Waals surface area contributed by atoms with Crippen LogP contribution >= 0.6 is 0 Å². The van der Waals surface area contributed by atoms with Crippen molar-refractivity contribution >= 4 is 11.6 Å². The molecule has 1 amide bonds. The fourth-order valence-electron chi connectivity index (χ4n) is 2.15. The summed E-state index contributed by atoms with van der Waals surface area (Å²) in [6.45, 7) is 1.62. The highest BCUT2D eigenvalue weighted by molar-refractivity contribution is 6.05. The molecule has 1 N–H and O–H groups in total. The number of benzene rings is 1. The number of nitrogens with zero attached hydrogens (tertiary/aromatic N) is 1. The van der Waals surface area contributed by atoms with Crippen molar-refractivity contribution < 1.29 is 23.5 Å². The van der Waals surface area contributed by atoms with Gasteiger partial charge in [-0.25, -0.2) is 9.53 Å². The molecule has 8 heteroatoms. The topological polar surface area (TPSA) is 91.9 Å². The number of aryl methyl sites for hydroxylation is 1. The number of rotatable bonds is 5. The van der Waals surface area contributed by atoms with Gasteiger partial charge in [0.25, 0.3) is 5.91 Å². The Bertz CT molecular complexity index is 765. The van der Waals surface area contributed by atoms with Gasteiger partial charge in [0.2, 0.25) is 5.75 Å². The number of ether oxygens (including phenoxy) is 3. The number of nitrogens with one attached hydrogen (secondary N) is 1. The number of hydrogen-bond donors (Lipinski definition) is 1. The predicted octanol–water partition coefficient (Wildman–Crippen LogP) is 1.56. The molecule has 2 rings (SSSR count). The number of amides is 1. The van der Waals surface area contributed by atoms with Crippen molar-refractivity contribution in [1.29, 1.82) is 0 Å².